The highest BCUT2D eigenvalue weighted by Gasteiger charge is 2.13. The maximum absolute atomic E-state index is 12.1. The van der Waals surface area contributed by atoms with Crippen molar-refractivity contribution in [2.45, 2.75) is 4.90 Å². The van der Waals surface area contributed by atoms with E-state index in [2.05, 4.69) is 27.3 Å². The number of halogens is 1. The van der Waals surface area contributed by atoms with Crippen molar-refractivity contribution < 1.29 is 18.3 Å². The molecule has 104 valence electrons. The lowest BCUT2D eigenvalue weighted by Gasteiger charge is -2.09. The molecule has 2 rings (SSSR count). The van der Waals surface area contributed by atoms with Crippen LogP contribution in [0.5, 0.6) is 0 Å². The van der Waals surface area contributed by atoms with Crippen molar-refractivity contribution >= 4 is 44.3 Å². The molecule has 0 amide bonds. The van der Waals surface area contributed by atoms with E-state index in [0.717, 1.165) is 3.57 Å². The van der Waals surface area contributed by atoms with E-state index < -0.39 is 16.0 Å². The number of aromatic carboxylic acids is 1. The molecule has 0 unspecified atom stereocenters. The largest absolute Gasteiger partial charge is 0.545 e. The van der Waals surface area contributed by atoms with E-state index in [0.29, 0.717) is 0 Å². The Bertz CT molecular complexity index is 724. The Labute approximate surface area is 129 Å². The number of rotatable bonds is 4. The van der Waals surface area contributed by atoms with Gasteiger partial charge in [-0.05, 0) is 64.6 Å². The molecule has 7 heteroatoms. The van der Waals surface area contributed by atoms with Crippen molar-refractivity contribution in [1.29, 1.82) is 0 Å². The van der Waals surface area contributed by atoms with Crippen LogP contribution in [0.2, 0.25) is 0 Å². The molecule has 0 atom stereocenters. The predicted octanol–water partition coefficient (Wildman–Crippen LogP) is 1.46. The lowest BCUT2D eigenvalue weighted by molar-refractivity contribution is -0.255. The first-order valence-electron chi connectivity index (χ1n) is 5.48. The zero-order valence-electron chi connectivity index (χ0n) is 10.0. The summed E-state index contributed by atoms with van der Waals surface area (Å²) in [6.07, 6.45) is 0. The van der Waals surface area contributed by atoms with Crippen molar-refractivity contribution in [2.24, 2.45) is 0 Å². The molecule has 2 aromatic carbocycles. The van der Waals surface area contributed by atoms with E-state index in [1.165, 1.54) is 36.4 Å². The zero-order chi connectivity index (χ0) is 14.8. The standard InChI is InChI=1S/C13H10INO4S/c14-10-3-7-12(8-4-10)20(18,19)15-11-5-1-9(2-6-11)13(16)17/h1-8,15H,(H,16,17)/p-1. The molecular formula is C13H9INO4S-. The van der Waals surface area contributed by atoms with Crippen LogP contribution in [0.3, 0.4) is 0 Å². The van der Waals surface area contributed by atoms with Gasteiger partial charge in [0, 0.05) is 9.26 Å². The summed E-state index contributed by atoms with van der Waals surface area (Å²) in [6, 6.07) is 11.7. The summed E-state index contributed by atoms with van der Waals surface area (Å²) in [6.45, 7) is 0. The summed E-state index contributed by atoms with van der Waals surface area (Å²) in [7, 11) is -3.68. The van der Waals surface area contributed by atoms with Crippen LogP contribution < -0.4 is 9.83 Å². The first-order chi connectivity index (χ1) is 9.38. The Morgan fingerprint density at radius 1 is 1.00 bits per heavy atom. The van der Waals surface area contributed by atoms with Gasteiger partial charge in [-0.1, -0.05) is 12.1 Å². The molecule has 0 aliphatic rings. The van der Waals surface area contributed by atoms with Crippen LogP contribution in [-0.2, 0) is 10.0 Å². The fourth-order valence-corrected chi connectivity index (χ4v) is 2.92. The molecular weight excluding hydrogens is 393 g/mol. The fourth-order valence-electron chi connectivity index (χ4n) is 1.50. The molecule has 5 nitrogen and oxygen atoms in total. The predicted molar refractivity (Wildman–Crippen MR) is 80.7 cm³/mol. The Morgan fingerprint density at radius 3 is 2.05 bits per heavy atom. The van der Waals surface area contributed by atoms with E-state index in [-0.39, 0.29) is 16.1 Å². The molecule has 0 aliphatic carbocycles. The zero-order valence-corrected chi connectivity index (χ0v) is 13.0. The SMILES string of the molecule is O=C([O-])c1ccc(NS(=O)(=O)c2ccc(I)cc2)cc1. The van der Waals surface area contributed by atoms with Gasteiger partial charge in [0.15, 0.2) is 0 Å². The molecule has 0 spiro atoms. The lowest BCUT2D eigenvalue weighted by Crippen LogP contribution is -2.22. The van der Waals surface area contributed by atoms with E-state index in [1.54, 1.807) is 12.1 Å². The van der Waals surface area contributed by atoms with E-state index in [9.17, 15) is 18.3 Å². The van der Waals surface area contributed by atoms with E-state index in [4.69, 9.17) is 0 Å². The normalized spacial score (nSPS) is 11.1. The van der Waals surface area contributed by atoms with E-state index >= 15 is 0 Å². The number of carbonyl (C=O) groups is 1. The molecule has 0 radical (unpaired) electrons. The minimum absolute atomic E-state index is 0.0118. The van der Waals surface area contributed by atoms with Crippen LogP contribution in [0.25, 0.3) is 0 Å². The lowest BCUT2D eigenvalue weighted by atomic mass is 10.2. The Hall–Kier alpha value is -1.61. The Balaban J connectivity index is 2.24. The molecule has 2 aromatic rings. The van der Waals surface area contributed by atoms with Gasteiger partial charge in [-0.3, -0.25) is 4.72 Å². The van der Waals surface area contributed by atoms with Crippen molar-refractivity contribution in [3.05, 3.63) is 57.7 Å². The highest BCUT2D eigenvalue weighted by molar-refractivity contribution is 14.1. The average Bonchev–Trinajstić information content (AvgIpc) is 2.39. The van der Waals surface area contributed by atoms with Gasteiger partial charge in [0.05, 0.1) is 10.9 Å². The van der Waals surface area contributed by atoms with Gasteiger partial charge < -0.3 is 9.90 Å². The fraction of sp³-hybridized carbons (Fsp3) is 0. The Kier molecular flexibility index (Phi) is 4.29. The second-order valence-corrected chi connectivity index (χ2v) is 6.85. The van der Waals surface area contributed by atoms with Crippen molar-refractivity contribution in [2.75, 3.05) is 4.72 Å². The molecule has 0 heterocycles. The molecule has 0 aliphatic heterocycles. The molecule has 0 aromatic heterocycles. The van der Waals surface area contributed by atoms with Crippen molar-refractivity contribution in [3.63, 3.8) is 0 Å². The van der Waals surface area contributed by atoms with Gasteiger partial charge in [-0.25, -0.2) is 8.42 Å². The van der Waals surface area contributed by atoms with Crippen LogP contribution in [-0.4, -0.2) is 14.4 Å². The quantitative estimate of drug-likeness (QED) is 0.785. The third-order valence-corrected chi connectivity index (χ3v) is 4.61. The second-order valence-electron chi connectivity index (χ2n) is 3.92. The van der Waals surface area contributed by atoms with Crippen LogP contribution in [0, 0.1) is 3.57 Å². The molecule has 0 bridgehead atoms. The van der Waals surface area contributed by atoms with Crippen molar-refractivity contribution in [3.8, 4) is 0 Å². The third-order valence-electron chi connectivity index (χ3n) is 2.50. The monoisotopic (exact) mass is 402 g/mol. The van der Waals surface area contributed by atoms with Gasteiger partial charge >= 0.3 is 0 Å². The summed E-state index contributed by atoms with van der Waals surface area (Å²) < 4.78 is 27.5. The first kappa shape index (κ1) is 14.8. The van der Waals surface area contributed by atoms with Gasteiger partial charge in [0.1, 0.15) is 0 Å². The number of hydrogen-bond acceptors (Lipinski definition) is 4. The molecule has 1 N–H and O–H groups in total. The molecule has 0 fully saturated rings. The highest BCUT2D eigenvalue weighted by atomic mass is 127. The average molecular weight is 402 g/mol. The van der Waals surface area contributed by atoms with Crippen molar-refractivity contribution in [1.82, 2.24) is 0 Å². The summed E-state index contributed by atoms with van der Waals surface area (Å²) in [5.74, 6) is -1.31. The number of hydrogen-bond donors (Lipinski definition) is 1. The van der Waals surface area contributed by atoms with Gasteiger partial charge in [-0.2, -0.15) is 0 Å². The van der Waals surface area contributed by atoms with Gasteiger partial charge in [-0.15, -0.1) is 0 Å². The summed E-state index contributed by atoms with van der Waals surface area (Å²) in [5.41, 5.74) is 0.274. The maximum atomic E-state index is 12.1. The second kappa shape index (κ2) is 5.80. The number of anilines is 1. The van der Waals surface area contributed by atoms with E-state index in [1.807, 2.05) is 0 Å². The molecule has 0 saturated carbocycles. The van der Waals surface area contributed by atoms with Crippen LogP contribution in [0.15, 0.2) is 53.4 Å². The maximum Gasteiger partial charge on any atom is 0.261 e. The number of sulfonamides is 1. The Morgan fingerprint density at radius 2 is 1.55 bits per heavy atom. The third kappa shape index (κ3) is 3.48. The van der Waals surface area contributed by atoms with Crippen LogP contribution in [0.1, 0.15) is 10.4 Å². The number of carbonyl (C=O) groups excluding carboxylic acids is 1. The van der Waals surface area contributed by atoms with Crippen LogP contribution >= 0.6 is 22.6 Å². The summed E-state index contributed by atoms with van der Waals surface area (Å²) >= 11 is 2.08. The van der Waals surface area contributed by atoms with Crippen LogP contribution in [0.4, 0.5) is 5.69 Å². The van der Waals surface area contributed by atoms with Gasteiger partial charge in [0.2, 0.25) is 0 Å². The highest BCUT2D eigenvalue weighted by Crippen LogP contribution is 2.17. The summed E-state index contributed by atoms with van der Waals surface area (Å²) in [5, 5.41) is 10.6. The minimum Gasteiger partial charge on any atom is -0.545 e. The topological polar surface area (TPSA) is 86.3 Å². The number of benzene rings is 2. The smallest absolute Gasteiger partial charge is 0.261 e. The number of nitrogens with one attached hydrogen (secondary N) is 1. The first-order valence-corrected chi connectivity index (χ1v) is 8.04. The number of carboxylic acid groups (broad SMARTS) is 1. The number of carboxylic acids is 1. The van der Waals surface area contributed by atoms with Gasteiger partial charge in [0.25, 0.3) is 10.0 Å². The molecule has 0 saturated heterocycles. The summed E-state index contributed by atoms with van der Waals surface area (Å²) in [4.78, 5) is 10.7. The minimum atomic E-state index is -3.68. The molecule has 20 heavy (non-hydrogen) atoms.